The molecule has 0 fully saturated rings. The summed E-state index contributed by atoms with van der Waals surface area (Å²) < 4.78 is 41.2. The van der Waals surface area contributed by atoms with Crippen molar-refractivity contribution in [2.24, 2.45) is 5.73 Å². The Bertz CT molecular complexity index is 848. The summed E-state index contributed by atoms with van der Waals surface area (Å²) in [6, 6.07) is 2.01. The Morgan fingerprint density at radius 3 is 2.71 bits per heavy atom. The van der Waals surface area contributed by atoms with Crippen molar-refractivity contribution in [1.29, 1.82) is 0 Å². The van der Waals surface area contributed by atoms with Gasteiger partial charge in [0.05, 0.1) is 17.3 Å². The van der Waals surface area contributed by atoms with E-state index in [1.165, 1.54) is 6.20 Å². The number of benzene rings is 1. The maximum absolute atomic E-state index is 14.4. The molecule has 1 aromatic carbocycles. The van der Waals surface area contributed by atoms with Crippen molar-refractivity contribution in [3.63, 3.8) is 0 Å². The number of nitrogens with zero attached hydrogens (tertiary/aromatic N) is 1. The van der Waals surface area contributed by atoms with Crippen molar-refractivity contribution in [2.75, 3.05) is 36.3 Å². The highest BCUT2D eigenvalue weighted by atomic mass is 35.5. The van der Waals surface area contributed by atoms with Crippen LogP contribution < -0.4 is 21.1 Å². The average molecular weight is 452 g/mol. The molecule has 0 bridgehead atoms. The lowest BCUT2D eigenvalue weighted by Crippen LogP contribution is -2.39. The molecular weight excluding hydrogens is 429 g/mol. The smallest absolute Gasteiger partial charge is 0.266 e. The van der Waals surface area contributed by atoms with E-state index in [1.54, 1.807) is 5.38 Å². The van der Waals surface area contributed by atoms with E-state index >= 15 is 0 Å². The molecule has 0 aliphatic rings. The first-order valence-electron chi connectivity index (χ1n) is 8.57. The lowest BCUT2D eigenvalue weighted by atomic mass is 10.2. The standard InChI is InChI=1S/C16H23ClFN5O3S2/c17-12-7-15(28(25,26)23-16-22-5-6-27-16)13(18)8-14(12)21-4-2-1-3-20-11(9-19)10-24/h5-8,11,20-21,24H,1-4,9-10,19H2,(H,22,23)/t11-/m0/s1. The van der Waals surface area contributed by atoms with Crippen LogP contribution in [0.1, 0.15) is 12.8 Å². The molecule has 0 saturated carbocycles. The van der Waals surface area contributed by atoms with E-state index in [0.717, 1.165) is 36.3 Å². The number of halogens is 2. The lowest BCUT2D eigenvalue weighted by molar-refractivity contribution is 0.245. The van der Waals surface area contributed by atoms with Gasteiger partial charge in [0, 0.05) is 30.7 Å². The summed E-state index contributed by atoms with van der Waals surface area (Å²) in [5.74, 6) is -0.911. The second-order valence-corrected chi connectivity index (χ2v) is 8.86. The Morgan fingerprint density at radius 1 is 1.32 bits per heavy atom. The molecule has 12 heteroatoms. The van der Waals surface area contributed by atoms with Gasteiger partial charge in [-0.3, -0.25) is 4.72 Å². The maximum atomic E-state index is 14.4. The third-order valence-corrected chi connectivity index (χ3v) is 6.31. The molecule has 0 aliphatic carbocycles. The van der Waals surface area contributed by atoms with Crippen LogP contribution in [-0.4, -0.2) is 50.8 Å². The van der Waals surface area contributed by atoms with Crippen LogP contribution >= 0.6 is 22.9 Å². The maximum Gasteiger partial charge on any atom is 0.266 e. The Morgan fingerprint density at radius 2 is 2.07 bits per heavy atom. The average Bonchev–Trinajstić information content (AvgIpc) is 3.15. The largest absolute Gasteiger partial charge is 0.395 e. The fourth-order valence-electron chi connectivity index (χ4n) is 2.32. The first kappa shape index (κ1) is 22.8. The summed E-state index contributed by atoms with van der Waals surface area (Å²) in [5.41, 5.74) is 5.79. The van der Waals surface area contributed by atoms with Crippen molar-refractivity contribution in [3.8, 4) is 0 Å². The summed E-state index contributed by atoms with van der Waals surface area (Å²) >= 11 is 7.20. The van der Waals surface area contributed by atoms with Crippen molar-refractivity contribution in [2.45, 2.75) is 23.8 Å². The molecule has 1 atom stereocenters. The van der Waals surface area contributed by atoms with Gasteiger partial charge in [0.25, 0.3) is 10.0 Å². The quantitative estimate of drug-likeness (QED) is 0.311. The monoisotopic (exact) mass is 451 g/mol. The van der Waals surface area contributed by atoms with Crippen molar-refractivity contribution in [3.05, 3.63) is 34.5 Å². The second kappa shape index (κ2) is 10.9. The van der Waals surface area contributed by atoms with Gasteiger partial charge in [-0.15, -0.1) is 11.3 Å². The topological polar surface area (TPSA) is 129 Å². The van der Waals surface area contributed by atoms with E-state index in [-0.39, 0.29) is 22.8 Å². The number of aliphatic hydroxyl groups excluding tert-OH is 1. The van der Waals surface area contributed by atoms with E-state index in [0.29, 0.717) is 25.3 Å². The lowest BCUT2D eigenvalue weighted by Gasteiger charge is -2.14. The molecule has 6 N–H and O–H groups in total. The Kier molecular flexibility index (Phi) is 8.86. The summed E-state index contributed by atoms with van der Waals surface area (Å²) in [6.45, 7) is 1.55. The molecule has 2 aromatic rings. The summed E-state index contributed by atoms with van der Waals surface area (Å²) in [7, 11) is -4.13. The molecule has 8 nitrogen and oxygen atoms in total. The van der Waals surface area contributed by atoms with Crippen LogP contribution in [0.5, 0.6) is 0 Å². The number of nitrogens with one attached hydrogen (secondary N) is 3. The molecule has 0 saturated heterocycles. The van der Waals surface area contributed by atoms with Crippen molar-refractivity contribution >= 4 is 43.8 Å². The predicted octanol–water partition coefficient (Wildman–Crippen LogP) is 1.84. The molecule has 0 unspecified atom stereocenters. The highest BCUT2D eigenvalue weighted by Gasteiger charge is 2.22. The number of nitrogens with two attached hydrogens (primary N) is 1. The minimum atomic E-state index is -4.13. The molecular formula is C16H23ClFN5O3S2. The molecule has 1 heterocycles. The van der Waals surface area contributed by atoms with E-state index in [1.807, 2.05) is 0 Å². The van der Waals surface area contributed by atoms with Crippen LogP contribution in [0.3, 0.4) is 0 Å². The van der Waals surface area contributed by atoms with Gasteiger partial charge in [0.1, 0.15) is 10.7 Å². The number of aromatic nitrogens is 1. The molecule has 156 valence electrons. The number of rotatable bonds is 12. The van der Waals surface area contributed by atoms with E-state index in [2.05, 4.69) is 20.3 Å². The number of aliphatic hydroxyl groups is 1. The van der Waals surface area contributed by atoms with E-state index in [9.17, 15) is 12.8 Å². The molecule has 0 aliphatic heterocycles. The van der Waals surface area contributed by atoms with Crippen LogP contribution in [-0.2, 0) is 10.0 Å². The Hall–Kier alpha value is -1.50. The first-order valence-corrected chi connectivity index (χ1v) is 11.3. The van der Waals surface area contributed by atoms with E-state index in [4.69, 9.17) is 22.4 Å². The number of sulfonamides is 1. The normalized spacial score (nSPS) is 12.7. The van der Waals surface area contributed by atoms with Crippen LogP contribution in [0, 0.1) is 5.82 Å². The molecule has 2 rings (SSSR count). The second-order valence-electron chi connectivity index (χ2n) is 5.91. The van der Waals surface area contributed by atoms with Gasteiger partial charge in [-0.25, -0.2) is 17.8 Å². The molecule has 1 aromatic heterocycles. The molecule has 0 spiro atoms. The first-order chi connectivity index (χ1) is 13.4. The SMILES string of the molecule is NC[C@@H](CO)NCCCCNc1cc(F)c(S(=O)(=O)Nc2nccs2)cc1Cl. The number of hydrogen-bond donors (Lipinski definition) is 5. The van der Waals surface area contributed by atoms with Crippen LogP contribution in [0.4, 0.5) is 15.2 Å². The van der Waals surface area contributed by atoms with Gasteiger partial charge in [-0.05, 0) is 31.5 Å². The van der Waals surface area contributed by atoms with Crippen LogP contribution in [0.25, 0.3) is 0 Å². The van der Waals surface area contributed by atoms with Crippen molar-refractivity contribution in [1.82, 2.24) is 10.3 Å². The van der Waals surface area contributed by atoms with Crippen molar-refractivity contribution < 1.29 is 17.9 Å². The zero-order chi connectivity index (χ0) is 20.6. The summed E-state index contributed by atoms with van der Waals surface area (Å²) in [4.78, 5) is 3.28. The van der Waals surface area contributed by atoms with Gasteiger partial charge in [-0.2, -0.15) is 0 Å². The number of anilines is 2. The van der Waals surface area contributed by atoms with Gasteiger partial charge in [0.2, 0.25) is 0 Å². The Labute approximate surface area is 172 Å². The highest BCUT2D eigenvalue weighted by molar-refractivity contribution is 7.93. The minimum absolute atomic E-state index is 0.0176. The van der Waals surface area contributed by atoms with Gasteiger partial charge in [0.15, 0.2) is 5.13 Å². The van der Waals surface area contributed by atoms with Crippen LogP contribution in [0.2, 0.25) is 5.02 Å². The summed E-state index contributed by atoms with van der Waals surface area (Å²) in [5, 5.41) is 17.0. The molecule has 0 amide bonds. The third-order valence-electron chi connectivity index (χ3n) is 3.82. The fourth-order valence-corrected chi connectivity index (χ4v) is 4.49. The van der Waals surface area contributed by atoms with Gasteiger partial charge in [-0.1, -0.05) is 11.6 Å². The summed E-state index contributed by atoms with van der Waals surface area (Å²) in [6.07, 6.45) is 3.02. The molecule has 0 radical (unpaired) electrons. The highest BCUT2D eigenvalue weighted by Crippen LogP contribution is 2.29. The number of thiazole rings is 1. The number of unbranched alkanes of at least 4 members (excludes halogenated alkanes) is 1. The molecule has 28 heavy (non-hydrogen) atoms. The van der Waals surface area contributed by atoms with Gasteiger partial charge < -0.3 is 21.5 Å². The zero-order valence-electron chi connectivity index (χ0n) is 15.0. The minimum Gasteiger partial charge on any atom is -0.395 e. The number of hydrogen-bond acceptors (Lipinski definition) is 8. The van der Waals surface area contributed by atoms with Crippen LogP contribution in [0.15, 0.2) is 28.6 Å². The Balaban J connectivity index is 1.91. The van der Waals surface area contributed by atoms with E-state index < -0.39 is 20.7 Å². The predicted molar refractivity (Wildman–Crippen MR) is 110 cm³/mol. The fraction of sp³-hybridized carbons (Fsp3) is 0.438. The third kappa shape index (κ3) is 6.54. The van der Waals surface area contributed by atoms with Gasteiger partial charge >= 0.3 is 0 Å². The zero-order valence-corrected chi connectivity index (χ0v) is 17.4.